The van der Waals surface area contributed by atoms with E-state index in [-0.39, 0.29) is 5.91 Å². The first-order chi connectivity index (χ1) is 15.5. The van der Waals surface area contributed by atoms with E-state index in [1.807, 2.05) is 49.1 Å². The van der Waals surface area contributed by atoms with E-state index < -0.39 is 0 Å². The standard InChI is InChI=1S/C26H29N5O/c1-19-9-11-22(12-10-19)17-31-21(3)23(20(2)29-31)13-14-26(32)27-15-6-16-30-18-28-24-7-4-5-8-25(24)30/h4-5,7-14,18H,6,15-17H2,1-3H3,(H,27,32)/b14-13+. The highest BCUT2D eigenvalue weighted by atomic mass is 16.1. The van der Waals surface area contributed by atoms with Crippen LogP contribution in [0.5, 0.6) is 0 Å². The van der Waals surface area contributed by atoms with Crippen molar-refractivity contribution in [1.82, 2.24) is 24.6 Å². The summed E-state index contributed by atoms with van der Waals surface area (Å²) in [4.78, 5) is 16.7. The zero-order valence-electron chi connectivity index (χ0n) is 18.9. The number of hydrogen-bond acceptors (Lipinski definition) is 3. The lowest BCUT2D eigenvalue weighted by molar-refractivity contribution is -0.116. The molecular weight excluding hydrogens is 398 g/mol. The maximum absolute atomic E-state index is 12.3. The lowest BCUT2D eigenvalue weighted by Crippen LogP contribution is -2.23. The van der Waals surface area contributed by atoms with Gasteiger partial charge in [-0.3, -0.25) is 9.48 Å². The number of hydrogen-bond donors (Lipinski definition) is 1. The van der Waals surface area contributed by atoms with E-state index >= 15 is 0 Å². The average molecular weight is 428 g/mol. The molecule has 0 aliphatic heterocycles. The maximum atomic E-state index is 12.3. The van der Waals surface area contributed by atoms with Crippen LogP contribution in [0.4, 0.5) is 0 Å². The fourth-order valence-electron chi connectivity index (χ4n) is 3.84. The topological polar surface area (TPSA) is 64.7 Å². The Labute approximate surface area is 188 Å². The number of imidazole rings is 1. The van der Waals surface area contributed by atoms with E-state index in [9.17, 15) is 4.79 Å². The molecule has 2 aromatic carbocycles. The van der Waals surface area contributed by atoms with Crippen LogP contribution < -0.4 is 5.32 Å². The number of aryl methyl sites for hydroxylation is 3. The third kappa shape index (κ3) is 4.97. The van der Waals surface area contributed by atoms with Crippen molar-refractivity contribution in [2.24, 2.45) is 0 Å². The van der Waals surface area contributed by atoms with E-state index in [1.54, 1.807) is 6.08 Å². The zero-order chi connectivity index (χ0) is 22.5. The molecule has 0 saturated carbocycles. The number of carbonyl (C=O) groups excluding carboxylic acids is 1. The molecule has 0 unspecified atom stereocenters. The van der Waals surface area contributed by atoms with Crippen LogP contribution >= 0.6 is 0 Å². The van der Waals surface area contributed by atoms with Gasteiger partial charge in [0.2, 0.25) is 5.91 Å². The highest BCUT2D eigenvalue weighted by Crippen LogP contribution is 2.17. The van der Waals surface area contributed by atoms with E-state index in [4.69, 9.17) is 0 Å². The minimum absolute atomic E-state index is 0.0921. The number of benzene rings is 2. The van der Waals surface area contributed by atoms with Gasteiger partial charge in [-0.15, -0.1) is 0 Å². The van der Waals surface area contributed by atoms with Crippen LogP contribution in [0.2, 0.25) is 0 Å². The molecule has 0 radical (unpaired) electrons. The Bertz CT molecular complexity index is 1250. The second kappa shape index (κ2) is 9.64. The highest BCUT2D eigenvalue weighted by molar-refractivity contribution is 5.92. The summed E-state index contributed by atoms with van der Waals surface area (Å²) in [5.41, 5.74) is 7.54. The van der Waals surface area contributed by atoms with Crippen molar-refractivity contribution in [2.45, 2.75) is 40.3 Å². The summed E-state index contributed by atoms with van der Waals surface area (Å²) in [5, 5.41) is 7.63. The monoisotopic (exact) mass is 427 g/mol. The molecule has 0 saturated heterocycles. The summed E-state index contributed by atoms with van der Waals surface area (Å²) >= 11 is 0. The van der Waals surface area contributed by atoms with Gasteiger partial charge in [-0.25, -0.2) is 4.98 Å². The Hall–Kier alpha value is -3.67. The molecule has 6 nitrogen and oxygen atoms in total. The molecular formula is C26H29N5O. The minimum Gasteiger partial charge on any atom is -0.352 e. The smallest absolute Gasteiger partial charge is 0.244 e. The van der Waals surface area contributed by atoms with Crippen molar-refractivity contribution in [3.8, 4) is 0 Å². The van der Waals surface area contributed by atoms with Gasteiger partial charge in [0.25, 0.3) is 0 Å². The Morgan fingerprint density at radius 2 is 1.84 bits per heavy atom. The van der Waals surface area contributed by atoms with Crippen LogP contribution in [0.25, 0.3) is 17.1 Å². The first kappa shape index (κ1) is 21.6. The predicted molar refractivity (Wildman–Crippen MR) is 128 cm³/mol. The summed E-state index contributed by atoms with van der Waals surface area (Å²) in [6.45, 7) is 8.25. The summed E-state index contributed by atoms with van der Waals surface area (Å²) in [7, 11) is 0. The number of nitrogens with zero attached hydrogens (tertiary/aromatic N) is 4. The fourth-order valence-corrected chi connectivity index (χ4v) is 3.84. The minimum atomic E-state index is -0.0921. The summed E-state index contributed by atoms with van der Waals surface area (Å²) in [5.74, 6) is -0.0921. The number of fused-ring (bicyclic) bond motifs is 1. The van der Waals surface area contributed by atoms with Crippen LogP contribution in [0.15, 0.2) is 60.9 Å². The molecule has 2 aromatic heterocycles. The van der Waals surface area contributed by atoms with Crippen molar-refractivity contribution < 1.29 is 4.79 Å². The molecule has 1 N–H and O–H groups in total. The lowest BCUT2D eigenvalue weighted by atomic mass is 10.1. The van der Waals surface area contributed by atoms with Gasteiger partial charge in [-0.05, 0) is 51.0 Å². The van der Waals surface area contributed by atoms with Crippen LogP contribution in [0.1, 0.15) is 34.5 Å². The molecule has 0 aliphatic rings. The second-order valence-corrected chi connectivity index (χ2v) is 8.13. The van der Waals surface area contributed by atoms with E-state index in [0.717, 1.165) is 47.5 Å². The molecule has 2 heterocycles. The van der Waals surface area contributed by atoms with Gasteiger partial charge in [-0.1, -0.05) is 42.0 Å². The molecule has 0 spiro atoms. The Kier molecular flexibility index (Phi) is 6.50. The average Bonchev–Trinajstić information content (AvgIpc) is 3.32. The van der Waals surface area contributed by atoms with Gasteiger partial charge in [0.1, 0.15) is 0 Å². The second-order valence-electron chi connectivity index (χ2n) is 8.13. The van der Waals surface area contributed by atoms with Crippen molar-refractivity contribution in [1.29, 1.82) is 0 Å². The van der Waals surface area contributed by atoms with Crippen LogP contribution in [-0.4, -0.2) is 31.8 Å². The largest absolute Gasteiger partial charge is 0.352 e. The van der Waals surface area contributed by atoms with E-state index in [0.29, 0.717) is 6.54 Å². The lowest BCUT2D eigenvalue weighted by Gasteiger charge is -2.06. The number of aromatic nitrogens is 4. The van der Waals surface area contributed by atoms with Crippen molar-refractivity contribution in [3.05, 3.63) is 89.0 Å². The molecule has 4 aromatic rings. The number of carbonyl (C=O) groups is 1. The first-order valence-corrected chi connectivity index (χ1v) is 11.0. The van der Waals surface area contributed by atoms with Gasteiger partial charge in [0.15, 0.2) is 0 Å². The number of nitrogens with one attached hydrogen (secondary N) is 1. The van der Waals surface area contributed by atoms with Crippen molar-refractivity contribution in [3.63, 3.8) is 0 Å². The van der Waals surface area contributed by atoms with Crippen LogP contribution in [0, 0.1) is 20.8 Å². The molecule has 1 amide bonds. The molecule has 0 atom stereocenters. The molecule has 4 rings (SSSR count). The van der Waals surface area contributed by atoms with E-state index in [2.05, 4.69) is 57.2 Å². The normalized spacial score (nSPS) is 11.5. The Morgan fingerprint density at radius 1 is 1.06 bits per heavy atom. The third-order valence-corrected chi connectivity index (χ3v) is 5.69. The maximum Gasteiger partial charge on any atom is 0.244 e. The van der Waals surface area contributed by atoms with Gasteiger partial charge in [0.05, 0.1) is 29.6 Å². The molecule has 32 heavy (non-hydrogen) atoms. The third-order valence-electron chi connectivity index (χ3n) is 5.69. The SMILES string of the molecule is Cc1ccc(Cn2nc(C)c(/C=C/C(=O)NCCCn3cnc4ccccc43)c2C)cc1. The van der Waals surface area contributed by atoms with Crippen LogP contribution in [-0.2, 0) is 17.9 Å². The van der Waals surface area contributed by atoms with Gasteiger partial charge in [0, 0.05) is 30.4 Å². The van der Waals surface area contributed by atoms with E-state index in [1.165, 1.54) is 11.1 Å². The molecule has 0 fully saturated rings. The molecule has 0 bridgehead atoms. The van der Waals surface area contributed by atoms with Gasteiger partial charge in [-0.2, -0.15) is 5.10 Å². The fraction of sp³-hybridized carbons (Fsp3) is 0.269. The Morgan fingerprint density at radius 3 is 2.66 bits per heavy atom. The Balaban J connectivity index is 1.30. The molecule has 6 heteroatoms. The summed E-state index contributed by atoms with van der Waals surface area (Å²) in [6.07, 6.45) is 6.15. The quantitative estimate of drug-likeness (QED) is 0.334. The van der Waals surface area contributed by atoms with Crippen molar-refractivity contribution in [2.75, 3.05) is 6.54 Å². The summed E-state index contributed by atoms with van der Waals surface area (Å²) in [6, 6.07) is 16.5. The number of para-hydroxylation sites is 2. The van der Waals surface area contributed by atoms with Crippen molar-refractivity contribution >= 4 is 23.0 Å². The van der Waals surface area contributed by atoms with Gasteiger partial charge >= 0.3 is 0 Å². The number of rotatable bonds is 8. The molecule has 164 valence electrons. The highest BCUT2D eigenvalue weighted by Gasteiger charge is 2.10. The summed E-state index contributed by atoms with van der Waals surface area (Å²) < 4.78 is 4.11. The number of amides is 1. The van der Waals surface area contributed by atoms with Crippen LogP contribution in [0.3, 0.4) is 0 Å². The first-order valence-electron chi connectivity index (χ1n) is 11.0. The zero-order valence-corrected chi connectivity index (χ0v) is 18.9. The predicted octanol–water partition coefficient (Wildman–Crippen LogP) is 4.43. The van der Waals surface area contributed by atoms with Gasteiger partial charge < -0.3 is 9.88 Å². The molecule has 0 aliphatic carbocycles.